The van der Waals surface area contributed by atoms with Crippen LogP contribution in [0.2, 0.25) is 0 Å². The predicted molar refractivity (Wildman–Crippen MR) is 80.5 cm³/mol. The van der Waals surface area contributed by atoms with Crippen LogP contribution in [0, 0.1) is 0 Å². The van der Waals surface area contributed by atoms with Gasteiger partial charge in [0.25, 0.3) is 5.91 Å². The zero-order valence-corrected chi connectivity index (χ0v) is 12.4. The van der Waals surface area contributed by atoms with Crippen LogP contribution in [0.5, 0.6) is 0 Å². The summed E-state index contributed by atoms with van der Waals surface area (Å²) in [6.45, 7) is 4.65. The first kappa shape index (κ1) is 14.9. The molecular formula is C14H18N2O3S. The van der Waals surface area contributed by atoms with E-state index in [1.807, 2.05) is 44.2 Å². The maximum absolute atomic E-state index is 12.5. The molecule has 0 saturated carbocycles. The van der Waals surface area contributed by atoms with Crippen LogP contribution in [0.1, 0.15) is 13.8 Å². The third-order valence-electron chi connectivity index (χ3n) is 2.92. The summed E-state index contributed by atoms with van der Waals surface area (Å²) in [7, 11) is 0. The summed E-state index contributed by atoms with van der Waals surface area (Å²) in [5.41, 5.74) is 0.740. The van der Waals surface area contributed by atoms with Crippen molar-refractivity contribution in [1.29, 1.82) is 0 Å². The molecule has 0 aliphatic carbocycles. The lowest BCUT2D eigenvalue weighted by Crippen LogP contribution is -2.44. The Morgan fingerprint density at radius 1 is 1.25 bits per heavy atom. The van der Waals surface area contributed by atoms with Gasteiger partial charge >= 0.3 is 0 Å². The van der Waals surface area contributed by atoms with Crippen molar-refractivity contribution in [2.75, 3.05) is 18.1 Å². The molecule has 1 atom stereocenters. The predicted octanol–water partition coefficient (Wildman–Crippen LogP) is 1.68. The number of hydrogen-bond donors (Lipinski definition) is 1. The minimum absolute atomic E-state index is 0.159. The Morgan fingerprint density at radius 3 is 2.40 bits per heavy atom. The van der Waals surface area contributed by atoms with E-state index in [-0.39, 0.29) is 5.91 Å². The minimum atomic E-state index is -0.635. The fourth-order valence-corrected chi connectivity index (χ4v) is 2.40. The molecule has 1 aromatic carbocycles. The van der Waals surface area contributed by atoms with E-state index in [1.54, 1.807) is 0 Å². The SMILES string of the molecule is CCOC(OCC)[C@H]1NC(=S)N(c2ccccc2)C1=O. The van der Waals surface area contributed by atoms with Crippen LogP contribution in [0.4, 0.5) is 5.69 Å². The molecule has 0 spiro atoms. The highest BCUT2D eigenvalue weighted by atomic mass is 32.1. The summed E-state index contributed by atoms with van der Waals surface area (Å²) < 4.78 is 11.0. The lowest BCUT2D eigenvalue weighted by molar-refractivity contribution is -0.159. The molecule has 1 amide bonds. The minimum Gasteiger partial charge on any atom is -0.350 e. The molecule has 1 fully saturated rings. The van der Waals surface area contributed by atoms with Crippen molar-refractivity contribution in [3.8, 4) is 0 Å². The number of anilines is 1. The molecule has 1 saturated heterocycles. The van der Waals surface area contributed by atoms with Crippen molar-refractivity contribution in [1.82, 2.24) is 5.32 Å². The summed E-state index contributed by atoms with van der Waals surface area (Å²) in [5, 5.41) is 3.35. The van der Waals surface area contributed by atoms with Crippen LogP contribution in [0.3, 0.4) is 0 Å². The van der Waals surface area contributed by atoms with Crippen molar-refractivity contribution in [3.63, 3.8) is 0 Å². The largest absolute Gasteiger partial charge is 0.350 e. The third kappa shape index (κ3) is 2.98. The molecule has 1 aromatic rings. The molecule has 0 bridgehead atoms. The standard InChI is InChI=1S/C14H18N2O3S/c1-3-18-13(19-4-2)11-12(17)16(14(20)15-11)10-8-6-5-7-9-10/h5-9,11,13H,3-4H2,1-2H3,(H,15,20)/t11-/m0/s1. The van der Waals surface area contributed by atoms with Crippen molar-refractivity contribution in [3.05, 3.63) is 30.3 Å². The molecule has 2 rings (SSSR count). The highest BCUT2D eigenvalue weighted by molar-refractivity contribution is 7.80. The Hall–Kier alpha value is -1.50. The van der Waals surface area contributed by atoms with Crippen molar-refractivity contribution in [2.45, 2.75) is 26.2 Å². The van der Waals surface area contributed by atoms with Gasteiger partial charge in [-0.1, -0.05) is 18.2 Å². The summed E-state index contributed by atoms with van der Waals surface area (Å²) in [5.74, 6) is -0.159. The average molecular weight is 294 g/mol. The lowest BCUT2D eigenvalue weighted by atomic mass is 10.2. The number of carbonyl (C=O) groups excluding carboxylic acids is 1. The van der Waals surface area contributed by atoms with Gasteiger partial charge in [0.15, 0.2) is 17.4 Å². The van der Waals surface area contributed by atoms with E-state index in [4.69, 9.17) is 21.7 Å². The summed E-state index contributed by atoms with van der Waals surface area (Å²) >= 11 is 5.25. The number of ether oxygens (including phenoxy) is 2. The van der Waals surface area contributed by atoms with Crippen LogP contribution in [0.15, 0.2) is 30.3 Å². The number of rotatable bonds is 6. The Kier molecular flexibility index (Phi) is 5.05. The van der Waals surface area contributed by atoms with Gasteiger partial charge in [0.2, 0.25) is 0 Å². The second kappa shape index (κ2) is 6.78. The van der Waals surface area contributed by atoms with Gasteiger partial charge in [0, 0.05) is 13.2 Å². The normalized spacial score (nSPS) is 18.8. The van der Waals surface area contributed by atoms with E-state index in [0.717, 1.165) is 5.69 Å². The van der Waals surface area contributed by atoms with E-state index in [0.29, 0.717) is 18.3 Å². The maximum atomic E-state index is 12.5. The van der Waals surface area contributed by atoms with Crippen LogP contribution in [-0.2, 0) is 14.3 Å². The molecule has 0 unspecified atom stereocenters. The van der Waals surface area contributed by atoms with Crippen molar-refractivity contribution >= 4 is 28.9 Å². The second-order valence-corrected chi connectivity index (χ2v) is 4.60. The van der Waals surface area contributed by atoms with Crippen LogP contribution >= 0.6 is 12.2 Å². The van der Waals surface area contributed by atoms with Gasteiger partial charge in [-0.3, -0.25) is 9.69 Å². The smallest absolute Gasteiger partial charge is 0.261 e. The number of thiocarbonyl (C=S) groups is 1. The average Bonchev–Trinajstić information content (AvgIpc) is 2.75. The Labute approximate surface area is 123 Å². The highest BCUT2D eigenvalue weighted by Gasteiger charge is 2.42. The van der Waals surface area contributed by atoms with Gasteiger partial charge in [0.1, 0.15) is 0 Å². The molecule has 1 heterocycles. The topological polar surface area (TPSA) is 50.8 Å². The molecule has 1 aliphatic rings. The molecule has 20 heavy (non-hydrogen) atoms. The van der Waals surface area contributed by atoms with E-state index < -0.39 is 12.3 Å². The van der Waals surface area contributed by atoms with Gasteiger partial charge in [-0.25, -0.2) is 0 Å². The first-order valence-corrected chi connectivity index (χ1v) is 7.02. The second-order valence-electron chi connectivity index (χ2n) is 4.22. The van der Waals surface area contributed by atoms with Gasteiger partial charge in [0.05, 0.1) is 5.69 Å². The van der Waals surface area contributed by atoms with Crippen LogP contribution in [0.25, 0.3) is 0 Å². The maximum Gasteiger partial charge on any atom is 0.261 e. The van der Waals surface area contributed by atoms with Crippen LogP contribution in [-0.4, -0.2) is 36.6 Å². The monoisotopic (exact) mass is 294 g/mol. The Balaban J connectivity index is 2.19. The fraction of sp³-hybridized carbons (Fsp3) is 0.429. The molecule has 1 N–H and O–H groups in total. The Bertz CT molecular complexity index is 475. The summed E-state index contributed by atoms with van der Waals surface area (Å²) in [6, 6.07) is 8.68. The molecular weight excluding hydrogens is 276 g/mol. The number of benzene rings is 1. The number of nitrogens with zero attached hydrogens (tertiary/aromatic N) is 1. The molecule has 108 valence electrons. The molecule has 0 radical (unpaired) electrons. The highest BCUT2D eigenvalue weighted by Crippen LogP contribution is 2.21. The number of para-hydroxylation sites is 1. The van der Waals surface area contributed by atoms with Gasteiger partial charge in [-0.05, 0) is 38.2 Å². The number of nitrogens with one attached hydrogen (secondary N) is 1. The molecule has 5 nitrogen and oxygen atoms in total. The lowest BCUT2D eigenvalue weighted by Gasteiger charge is -2.21. The summed E-state index contributed by atoms with van der Waals surface area (Å²) in [6.07, 6.45) is -0.635. The van der Waals surface area contributed by atoms with Gasteiger partial charge < -0.3 is 14.8 Å². The van der Waals surface area contributed by atoms with Gasteiger partial charge in [-0.2, -0.15) is 0 Å². The van der Waals surface area contributed by atoms with Crippen molar-refractivity contribution < 1.29 is 14.3 Å². The van der Waals surface area contributed by atoms with E-state index in [9.17, 15) is 4.79 Å². The summed E-state index contributed by atoms with van der Waals surface area (Å²) in [4.78, 5) is 14.0. The van der Waals surface area contributed by atoms with Crippen LogP contribution < -0.4 is 10.2 Å². The number of hydrogen-bond acceptors (Lipinski definition) is 4. The Morgan fingerprint density at radius 2 is 1.85 bits per heavy atom. The zero-order valence-electron chi connectivity index (χ0n) is 11.5. The zero-order chi connectivity index (χ0) is 14.5. The molecule has 0 aromatic heterocycles. The van der Waals surface area contributed by atoms with E-state index in [1.165, 1.54) is 4.90 Å². The number of carbonyl (C=O) groups is 1. The van der Waals surface area contributed by atoms with Crippen molar-refractivity contribution in [2.24, 2.45) is 0 Å². The first-order chi connectivity index (χ1) is 9.69. The van der Waals surface area contributed by atoms with Gasteiger partial charge in [-0.15, -0.1) is 0 Å². The number of amides is 1. The fourth-order valence-electron chi connectivity index (χ4n) is 2.07. The first-order valence-electron chi connectivity index (χ1n) is 6.61. The van der Waals surface area contributed by atoms with E-state index >= 15 is 0 Å². The van der Waals surface area contributed by atoms with E-state index in [2.05, 4.69) is 5.32 Å². The molecule has 1 aliphatic heterocycles. The molecule has 6 heteroatoms. The quantitative estimate of drug-likeness (QED) is 0.639. The third-order valence-corrected chi connectivity index (χ3v) is 3.22.